The molecule has 1 aromatic carbocycles. The second kappa shape index (κ2) is 4.32. The standard InChI is InChI=1S/C13H18O/c1-9-6-10(2)13(11(3)7-9)8-12(4)14-5/h6-8H,1-5H3/b12-8-. The van der Waals surface area contributed by atoms with E-state index in [9.17, 15) is 0 Å². The molecule has 14 heavy (non-hydrogen) atoms. The highest BCUT2D eigenvalue weighted by molar-refractivity contribution is 5.59. The minimum absolute atomic E-state index is 0.944. The maximum atomic E-state index is 5.16. The molecule has 0 fully saturated rings. The van der Waals surface area contributed by atoms with Gasteiger partial charge in [0, 0.05) is 0 Å². The molecule has 1 aromatic rings. The van der Waals surface area contributed by atoms with Crippen molar-refractivity contribution in [2.45, 2.75) is 27.7 Å². The zero-order valence-electron chi connectivity index (χ0n) is 9.64. The molecule has 0 unspecified atom stereocenters. The first kappa shape index (κ1) is 10.8. The van der Waals surface area contributed by atoms with E-state index in [1.807, 2.05) is 6.92 Å². The van der Waals surface area contributed by atoms with Crippen LogP contribution in [0.1, 0.15) is 29.2 Å². The van der Waals surface area contributed by atoms with Gasteiger partial charge in [-0.3, -0.25) is 0 Å². The van der Waals surface area contributed by atoms with Gasteiger partial charge < -0.3 is 4.74 Å². The van der Waals surface area contributed by atoms with Gasteiger partial charge in [0.2, 0.25) is 0 Å². The molecule has 0 N–H and O–H groups in total. The number of methoxy groups -OCH3 is 1. The fourth-order valence-electron chi connectivity index (χ4n) is 1.68. The number of ether oxygens (including phenoxy) is 1. The Balaban J connectivity index is 3.21. The van der Waals surface area contributed by atoms with Crippen LogP contribution in [0, 0.1) is 20.8 Å². The first-order chi connectivity index (χ1) is 6.54. The second-order valence-electron chi connectivity index (χ2n) is 3.77. The van der Waals surface area contributed by atoms with Crippen LogP contribution in [0.5, 0.6) is 0 Å². The van der Waals surface area contributed by atoms with Crippen LogP contribution in [0.2, 0.25) is 0 Å². The highest BCUT2D eigenvalue weighted by atomic mass is 16.5. The summed E-state index contributed by atoms with van der Waals surface area (Å²) in [4.78, 5) is 0. The van der Waals surface area contributed by atoms with Crippen molar-refractivity contribution in [3.8, 4) is 0 Å². The molecular formula is C13H18O. The van der Waals surface area contributed by atoms with Gasteiger partial charge in [-0.15, -0.1) is 0 Å². The number of rotatable bonds is 2. The molecule has 0 spiro atoms. The van der Waals surface area contributed by atoms with Crippen LogP contribution in [0.4, 0.5) is 0 Å². The molecule has 0 aliphatic carbocycles. The molecular weight excluding hydrogens is 172 g/mol. The van der Waals surface area contributed by atoms with E-state index in [-0.39, 0.29) is 0 Å². The van der Waals surface area contributed by atoms with E-state index in [1.54, 1.807) is 7.11 Å². The van der Waals surface area contributed by atoms with Gasteiger partial charge in [0.05, 0.1) is 12.9 Å². The van der Waals surface area contributed by atoms with E-state index in [2.05, 4.69) is 39.0 Å². The molecule has 0 saturated carbocycles. The number of benzene rings is 1. The van der Waals surface area contributed by atoms with Gasteiger partial charge in [-0.05, 0) is 50.5 Å². The van der Waals surface area contributed by atoms with E-state index in [0.29, 0.717) is 0 Å². The van der Waals surface area contributed by atoms with Gasteiger partial charge in [0.15, 0.2) is 0 Å². The Morgan fingerprint density at radius 2 is 1.64 bits per heavy atom. The van der Waals surface area contributed by atoms with Gasteiger partial charge >= 0.3 is 0 Å². The highest BCUT2D eigenvalue weighted by Crippen LogP contribution is 2.19. The summed E-state index contributed by atoms with van der Waals surface area (Å²) >= 11 is 0. The van der Waals surface area contributed by atoms with Gasteiger partial charge in [0.1, 0.15) is 0 Å². The van der Waals surface area contributed by atoms with E-state index >= 15 is 0 Å². The fourth-order valence-corrected chi connectivity index (χ4v) is 1.68. The van der Waals surface area contributed by atoms with Gasteiger partial charge in [0.25, 0.3) is 0 Å². The summed E-state index contributed by atoms with van der Waals surface area (Å²) in [5.74, 6) is 0.944. The van der Waals surface area contributed by atoms with Crippen molar-refractivity contribution >= 4 is 6.08 Å². The maximum Gasteiger partial charge on any atom is 0.0930 e. The molecule has 0 aliphatic heterocycles. The van der Waals surface area contributed by atoms with Gasteiger partial charge in [-0.1, -0.05) is 17.7 Å². The van der Waals surface area contributed by atoms with Crippen LogP contribution < -0.4 is 0 Å². The Bertz CT molecular complexity index is 338. The third kappa shape index (κ3) is 2.38. The summed E-state index contributed by atoms with van der Waals surface area (Å²) < 4.78 is 5.16. The summed E-state index contributed by atoms with van der Waals surface area (Å²) in [6, 6.07) is 4.39. The first-order valence-electron chi connectivity index (χ1n) is 4.84. The number of allylic oxidation sites excluding steroid dienone is 1. The number of aryl methyl sites for hydroxylation is 3. The fraction of sp³-hybridized carbons (Fsp3) is 0.385. The lowest BCUT2D eigenvalue weighted by molar-refractivity contribution is 0.297. The van der Waals surface area contributed by atoms with E-state index in [4.69, 9.17) is 4.74 Å². The summed E-state index contributed by atoms with van der Waals surface area (Å²) in [7, 11) is 1.70. The van der Waals surface area contributed by atoms with Gasteiger partial charge in [-0.25, -0.2) is 0 Å². The largest absolute Gasteiger partial charge is 0.501 e. The molecule has 1 rings (SSSR count). The van der Waals surface area contributed by atoms with Crippen molar-refractivity contribution in [3.05, 3.63) is 40.1 Å². The highest BCUT2D eigenvalue weighted by Gasteiger charge is 2.01. The summed E-state index contributed by atoms with van der Waals surface area (Å²) in [6.45, 7) is 8.36. The van der Waals surface area contributed by atoms with Crippen LogP contribution >= 0.6 is 0 Å². The Morgan fingerprint density at radius 3 is 2.07 bits per heavy atom. The van der Waals surface area contributed by atoms with Crippen LogP contribution in [-0.4, -0.2) is 7.11 Å². The lowest BCUT2D eigenvalue weighted by Gasteiger charge is -2.08. The predicted molar refractivity (Wildman–Crippen MR) is 61.3 cm³/mol. The topological polar surface area (TPSA) is 9.23 Å². The van der Waals surface area contributed by atoms with Crippen LogP contribution in [-0.2, 0) is 4.74 Å². The first-order valence-corrected chi connectivity index (χ1v) is 4.84. The van der Waals surface area contributed by atoms with Crippen molar-refractivity contribution in [1.29, 1.82) is 0 Å². The number of hydrogen-bond acceptors (Lipinski definition) is 1. The van der Waals surface area contributed by atoms with Crippen molar-refractivity contribution in [2.75, 3.05) is 7.11 Å². The summed E-state index contributed by atoms with van der Waals surface area (Å²) in [5, 5.41) is 0. The normalized spacial score (nSPS) is 11.6. The van der Waals surface area contributed by atoms with Crippen molar-refractivity contribution in [1.82, 2.24) is 0 Å². The third-order valence-corrected chi connectivity index (χ3v) is 2.41. The smallest absolute Gasteiger partial charge is 0.0930 e. The minimum Gasteiger partial charge on any atom is -0.501 e. The Labute approximate surface area is 86.4 Å². The van der Waals surface area contributed by atoms with Crippen molar-refractivity contribution in [3.63, 3.8) is 0 Å². The molecule has 0 atom stereocenters. The lowest BCUT2D eigenvalue weighted by Crippen LogP contribution is -1.90. The molecule has 1 nitrogen and oxygen atoms in total. The Morgan fingerprint density at radius 1 is 1.14 bits per heavy atom. The average Bonchev–Trinajstić information content (AvgIpc) is 2.10. The maximum absolute atomic E-state index is 5.16. The van der Waals surface area contributed by atoms with Crippen LogP contribution in [0.3, 0.4) is 0 Å². The third-order valence-electron chi connectivity index (χ3n) is 2.41. The molecule has 1 heteroatoms. The van der Waals surface area contributed by atoms with Crippen LogP contribution in [0.25, 0.3) is 6.08 Å². The molecule has 0 saturated heterocycles. The van der Waals surface area contributed by atoms with E-state index < -0.39 is 0 Å². The lowest BCUT2D eigenvalue weighted by atomic mass is 9.99. The molecule has 76 valence electrons. The molecule has 0 heterocycles. The molecule has 0 radical (unpaired) electrons. The Hall–Kier alpha value is -1.24. The van der Waals surface area contributed by atoms with Crippen LogP contribution in [0.15, 0.2) is 17.9 Å². The van der Waals surface area contributed by atoms with Crippen molar-refractivity contribution < 1.29 is 4.74 Å². The van der Waals surface area contributed by atoms with E-state index in [1.165, 1.54) is 22.3 Å². The zero-order chi connectivity index (χ0) is 10.7. The predicted octanol–water partition coefficient (Wildman–Crippen LogP) is 3.62. The Kier molecular flexibility index (Phi) is 3.34. The SMILES string of the molecule is CO/C(C)=C\c1c(C)cc(C)cc1C. The van der Waals surface area contributed by atoms with E-state index in [0.717, 1.165) is 5.76 Å². The summed E-state index contributed by atoms with van der Waals surface area (Å²) in [5.41, 5.74) is 5.19. The number of hydrogen-bond donors (Lipinski definition) is 0. The molecule has 0 bridgehead atoms. The zero-order valence-corrected chi connectivity index (χ0v) is 9.64. The molecule has 0 amide bonds. The average molecular weight is 190 g/mol. The van der Waals surface area contributed by atoms with Crippen molar-refractivity contribution in [2.24, 2.45) is 0 Å². The second-order valence-corrected chi connectivity index (χ2v) is 3.77. The van der Waals surface area contributed by atoms with Gasteiger partial charge in [-0.2, -0.15) is 0 Å². The minimum atomic E-state index is 0.944. The molecule has 0 aromatic heterocycles. The monoisotopic (exact) mass is 190 g/mol. The quantitative estimate of drug-likeness (QED) is 0.647. The summed E-state index contributed by atoms with van der Waals surface area (Å²) in [6.07, 6.45) is 2.09. The molecule has 0 aliphatic rings.